The number of benzene rings is 2. The Morgan fingerprint density at radius 2 is 1.75 bits per heavy atom. The molecule has 9 heteroatoms. The number of phenolic OH excluding ortho intramolecular Hbond substituents is 1. The molecule has 1 aliphatic heterocycles. The number of allylic oxidation sites excluding steroid dienone is 1. The number of aromatic nitrogens is 3. The molecule has 1 aromatic heterocycles. The molecule has 6 nitrogen and oxygen atoms in total. The van der Waals surface area contributed by atoms with Crippen molar-refractivity contribution < 1.29 is 18.3 Å². The average molecular weight is 383 g/mol. The maximum absolute atomic E-state index is 13.2. The zero-order valence-corrected chi connectivity index (χ0v) is 14.1. The van der Waals surface area contributed by atoms with Gasteiger partial charge in [0, 0.05) is 0 Å². The van der Waals surface area contributed by atoms with Gasteiger partial charge < -0.3 is 10.4 Å². The summed E-state index contributed by atoms with van der Waals surface area (Å²) in [5.74, 6) is -1.42. The van der Waals surface area contributed by atoms with E-state index in [-0.39, 0.29) is 17.3 Å². The summed E-state index contributed by atoms with van der Waals surface area (Å²) in [6.07, 6.45) is -4.73. The standard InChI is InChI=1S/C19H12F3N5O/c20-19(21,22)17-25-18-24-15(11-4-2-1-3-5-11)14(10-23)16(27(18)26-17)12-6-8-13(28)9-7-12/h1-9,16,28H,(H,24,25,26)/t16-/m0/s1. The first-order chi connectivity index (χ1) is 13.4. The van der Waals surface area contributed by atoms with Gasteiger partial charge in [-0.05, 0) is 23.3 Å². The SMILES string of the molecule is N#CC1=C(c2ccccc2)Nc2nc(C(F)(F)F)nn2[C@H]1c1ccc(O)cc1. The van der Waals surface area contributed by atoms with Gasteiger partial charge in [0.25, 0.3) is 5.82 Å². The molecular weight excluding hydrogens is 371 g/mol. The molecule has 2 N–H and O–H groups in total. The third-order valence-electron chi connectivity index (χ3n) is 4.30. The van der Waals surface area contributed by atoms with Gasteiger partial charge in [0.2, 0.25) is 5.95 Å². The van der Waals surface area contributed by atoms with Gasteiger partial charge in [-0.1, -0.05) is 42.5 Å². The lowest BCUT2D eigenvalue weighted by atomic mass is 9.94. The van der Waals surface area contributed by atoms with E-state index >= 15 is 0 Å². The number of aromatic hydroxyl groups is 1. The minimum atomic E-state index is -4.73. The predicted molar refractivity (Wildman–Crippen MR) is 93.9 cm³/mol. The van der Waals surface area contributed by atoms with E-state index in [1.54, 1.807) is 30.3 Å². The fourth-order valence-corrected chi connectivity index (χ4v) is 3.06. The molecule has 3 aromatic rings. The second-order valence-electron chi connectivity index (χ2n) is 6.09. The Kier molecular flexibility index (Phi) is 4.04. The van der Waals surface area contributed by atoms with Crippen molar-refractivity contribution in [3.8, 4) is 11.8 Å². The Hall–Kier alpha value is -3.80. The van der Waals surface area contributed by atoms with Crippen molar-refractivity contribution in [2.24, 2.45) is 0 Å². The quantitative estimate of drug-likeness (QED) is 0.700. The van der Waals surface area contributed by atoms with E-state index in [2.05, 4.69) is 21.5 Å². The maximum Gasteiger partial charge on any atom is 0.453 e. The Morgan fingerprint density at radius 1 is 1.07 bits per heavy atom. The van der Waals surface area contributed by atoms with E-state index in [1.165, 1.54) is 24.3 Å². The van der Waals surface area contributed by atoms with Crippen molar-refractivity contribution in [2.75, 3.05) is 5.32 Å². The van der Waals surface area contributed by atoms with Crippen molar-refractivity contribution in [3.05, 3.63) is 77.1 Å². The Morgan fingerprint density at radius 3 is 2.36 bits per heavy atom. The fourth-order valence-electron chi connectivity index (χ4n) is 3.06. The van der Waals surface area contributed by atoms with Crippen molar-refractivity contribution in [1.82, 2.24) is 14.8 Å². The lowest BCUT2D eigenvalue weighted by Gasteiger charge is -2.27. The zero-order valence-electron chi connectivity index (χ0n) is 14.1. The molecule has 0 fully saturated rings. The molecule has 2 heterocycles. The summed E-state index contributed by atoms with van der Waals surface area (Å²) in [6.45, 7) is 0. The van der Waals surface area contributed by atoms with Crippen molar-refractivity contribution in [3.63, 3.8) is 0 Å². The highest BCUT2D eigenvalue weighted by atomic mass is 19.4. The van der Waals surface area contributed by atoms with Crippen LogP contribution in [-0.2, 0) is 6.18 Å². The van der Waals surface area contributed by atoms with Crippen LogP contribution in [0.1, 0.15) is 23.0 Å². The topological polar surface area (TPSA) is 86.8 Å². The van der Waals surface area contributed by atoms with E-state index in [4.69, 9.17) is 0 Å². The third-order valence-corrected chi connectivity index (χ3v) is 4.30. The molecular formula is C19H12F3N5O. The number of rotatable bonds is 2. The van der Waals surface area contributed by atoms with Gasteiger partial charge in [-0.3, -0.25) is 0 Å². The monoisotopic (exact) mass is 383 g/mol. The van der Waals surface area contributed by atoms with E-state index in [1.807, 2.05) is 0 Å². The number of nitrogens with zero attached hydrogens (tertiary/aromatic N) is 4. The molecule has 0 unspecified atom stereocenters. The zero-order chi connectivity index (χ0) is 19.9. The summed E-state index contributed by atoms with van der Waals surface area (Å²) >= 11 is 0. The van der Waals surface area contributed by atoms with Crippen LogP contribution < -0.4 is 5.32 Å². The smallest absolute Gasteiger partial charge is 0.453 e. The van der Waals surface area contributed by atoms with Crippen LogP contribution in [0.5, 0.6) is 5.75 Å². The largest absolute Gasteiger partial charge is 0.508 e. The normalized spacial score (nSPS) is 16.3. The number of hydrogen-bond donors (Lipinski definition) is 2. The minimum Gasteiger partial charge on any atom is -0.508 e. The van der Waals surface area contributed by atoms with Crippen LogP contribution in [0.4, 0.5) is 19.1 Å². The predicted octanol–water partition coefficient (Wildman–Crippen LogP) is 3.95. The molecule has 0 spiro atoms. The summed E-state index contributed by atoms with van der Waals surface area (Å²) < 4.78 is 40.6. The Bertz CT molecular complexity index is 1100. The maximum atomic E-state index is 13.2. The van der Waals surface area contributed by atoms with E-state index in [9.17, 15) is 23.5 Å². The molecule has 0 saturated carbocycles. The second kappa shape index (κ2) is 6.42. The lowest BCUT2D eigenvalue weighted by Crippen LogP contribution is -2.24. The van der Waals surface area contributed by atoms with E-state index in [0.717, 1.165) is 4.68 Å². The molecule has 0 saturated heterocycles. The second-order valence-corrected chi connectivity index (χ2v) is 6.09. The molecule has 2 aromatic carbocycles. The minimum absolute atomic E-state index is 0.00162. The lowest BCUT2D eigenvalue weighted by molar-refractivity contribution is -0.145. The summed E-state index contributed by atoms with van der Waals surface area (Å²) in [4.78, 5) is 3.58. The van der Waals surface area contributed by atoms with Crippen molar-refractivity contribution in [2.45, 2.75) is 12.2 Å². The van der Waals surface area contributed by atoms with Crippen LogP contribution in [0.15, 0.2) is 60.2 Å². The fraction of sp³-hybridized carbons (Fsp3) is 0.105. The van der Waals surface area contributed by atoms with Crippen LogP contribution in [0.2, 0.25) is 0 Å². The van der Waals surface area contributed by atoms with Crippen LogP contribution in [0, 0.1) is 11.3 Å². The number of phenols is 1. The Balaban J connectivity index is 1.95. The van der Waals surface area contributed by atoms with Crippen LogP contribution in [0.3, 0.4) is 0 Å². The van der Waals surface area contributed by atoms with Gasteiger partial charge in [-0.25, -0.2) is 4.68 Å². The molecule has 0 radical (unpaired) electrons. The molecule has 4 rings (SSSR count). The number of hydrogen-bond acceptors (Lipinski definition) is 5. The number of nitriles is 1. The van der Waals surface area contributed by atoms with Crippen LogP contribution in [0.25, 0.3) is 5.70 Å². The number of fused-ring (bicyclic) bond motifs is 1. The molecule has 1 atom stereocenters. The first-order valence-electron chi connectivity index (χ1n) is 8.18. The summed E-state index contributed by atoms with van der Waals surface area (Å²) in [5.41, 5.74) is 1.66. The van der Waals surface area contributed by atoms with Gasteiger partial charge in [-0.2, -0.15) is 23.4 Å². The first kappa shape index (κ1) is 17.6. The highest BCUT2D eigenvalue weighted by molar-refractivity contribution is 5.82. The van der Waals surface area contributed by atoms with E-state index < -0.39 is 18.0 Å². The summed E-state index contributed by atoms with van der Waals surface area (Å²) in [6, 6.07) is 15.8. The molecule has 140 valence electrons. The molecule has 1 aliphatic rings. The highest BCUT2D eigenvalue weighted by Gasteiger charge is 2.40. The van der Waals surface area contributed by atoms with Crippen molar-refractivity contribution in [1.29, 1.82) is 5.26 Å². The summed E-state index contributed by atoms with van der Waals surface area (Å²) in [5, 5.41) is 25.8. The van der Waals surface area contributed by atoms with Crippen molar-refractivity contribution >= 4 is 11.6 Å². The van der Waals surface area contributed by atoms with Crippen LogP contribution >= 0.6 is 0 Å². The number of anilines is 1. The van der Waals surface area contributed by atoms with Gasteiger partial charge in [0.15, 0.2) is 0 Å². The number of nitrogens with one attached hydrogen (secondary N) is 1. The average Bonchev–Trinajstić information content (AvgIpc) is 3.12. The Labute approximate surface area is 157 Å². The number of alkyl halides is 3. The van der Waals surface area contributed by atoms with Gasteiger partial charge in [-0.15, -0.1) is 5.10 Å². The molecule has 0 amide bonds. The third kappa shape index (κ3) is 2.95. The number of halogens is 3. The summed E-state index contributed by atoms with van der Waals surface area (Å²) in [7, 11) is 0. The van der Waals surface area contributed by atoms with Gasteiger partial charge in [0.05, 0.1) is 17.3 Å². The highest BCUT2D eigenvalue weighted by Crippen LogP contribution is 2.40. The van der Waals surface area contributed by atoms with Gasteiger partial charge >= 0.3 is 6.18 Å². The molecule has 0 aliphatic carbocycles. The first-order valence-corrected chi connectivity index (χ1v) is 8.18. The molecule has 28 heavy (non-hydrogen) atoms. The van der Waals surface area contributed by atoms with E-state index in [0.29, 0.717) is 16.8 Å². The molecule has 0 bridgehead atoms. The van der Waals surface area contributed by atoms with Gasteiger partial charge in [0.1, 0.15) is 11.8 Å². The van der Waals surface area contributed by atoms with Crippen LogP contribution in [-0.4, -0.2) is 19.9 Å².